The van der Waals surface area contributed by atoms with Crippen LogP contribution in [0.5, 0.6) is 0 Å². The summed E-state index contributed by atoms with van der Waals surface area (Å²) in [5.74, 6) is -0.807. The molecule has 0 unspecified atom stereocenters. The van der Waals surface area contributed by atoms with Crippen LogP contribution in [-0.4, -0.2) is 13.1 Å². The van der Waals surface area contributed by atoms with Crippen LogP contribution in [0.2, 0.25) is 0 Å². The molecule has 1 saturated heterocycles. The molecule has 2 rings (SSSR count). The van der Waals surface area contributed by atoms with Crippen molar-refractivity contribution in [2.45, 2.75) is 25.1 Å². The topological polar surface area (TPSA) is 38.0 Å². The molecule has 3 N–H and O–H groups in total. The van der Waals surface area contributed by atoms with Crippen LogP contribution in [0.15, 0.2) is 18.2 Å². The van der Waals surface area contributed by atoms with Crippen molar-refractivity contribution in [3.8, 4) is 0 Å². The molecule has 1 aliphatic heterocycles. The lowest BCUT2D eigenvalue weighted by atomic mass is 9.86. The summed E-state index contributed by atoms with van der Waals surface area (Å²) >= 11 is 0. The van der Waals surface area contributed by atoms with E-state index in [-0.39, 0.29) is 23.9 Å². The summed E-state index contributed by atoms with van der Waals surface area (Å²) in [4.78, 5) is 0. The minimum atomic E-state index is -4.55. The molecule has 0 amide bonds. The highest BCUT2D eigenvalue weighted by Crippen LogP contribution is 2.34. The van der Waals surface area contributed by atoms with Crippen molar-refractivity contribution in [1.29, 1.82) is 0 Å². The first-order valence-corrected chi connectivity index (χ1v) is 6.22. The van der Waals surface area contributed by atoms with Crippen molar-refractivity contribution >= 4 is 12.4 Å². The van der Waals surface area contributed by atoms with E-state index in [0.29, 0.717) is 6.07 Å². The van der Waals surface area contributed by atoms with Gasteiger partial charge in [0.25, 0.3) is 0 Å². The molecule has 1 aliphatic rings. The van der Waals surface area contributed by atoms with Crippen LogP contribution < -0.4 is 11.1 Å². The zero-order valence-electron chi connectivity index (χ0n) is 10.7. The average Bonchev–Trinajstić information content (AvgIpc) is 2.37. The smallest absolute Gasteiger partial charge is 0.324 e. The Labute approximate surface area is 121 Å². The summed E-state index contributed by atoms with van der Waals surface area (Å²) < 4.78 is 51.2. The maximum Gasteiger partial charge on any atom is 0.416 e. The van der Waals surface area contributed by atoms with Gasteiger partial charge in [-0.05, 0) is 55.6 Å². The van der Waals surface area contributed by atoms with Gasteiger partial charge < -0.3 is 11.1 Å². The largest absolute Gasteiger partial charge is 0.416 e. The SMILES string of the molecule is Cl.N[C@@H](c1cc(F)cc(C(F)(F)F)c1)C1CCNCC1. The first-order valence-electron chi connectivity index (χ1n) is 6.22. The Morgan fingerprint density at radius 1 is 1.15 bits per heavy atom. The summed E-state index contributed by atoms with van der Waals surface area (Å²) in [6.45, 7) is 1.58. The Morgan fingerprint density at radius 2 is 1.75 bits per heavy atom. The Kier molecular flexibility index (Phi) is 5.79. The molecular formula is C13H17ClF4N2. The van der Waals surface area contributed by atoms with Gasteiger partial charge in [-0.1, -0.05) is 0 Å². The van der Waals surface area contributed by atoms with E-state index < -0.39 is 23.6 Å². The van der Waals surface area contributed by atoms with Crippen LogP contribution >= 0.6 is 12.4 Å². The Hall–Kier alpha value is -0.850. The van der Waals surface area contributed by atoms with Crippen LogP contribution in [0, 0.1) is 11.7 Å². The van der Waals surface area contributed by atoms with Crippen molar-refractivity contribution in [2.75, 3.05) is 13.1 Å². The second-order valence-corrected chi connectivity index (χ2v) is 4.88. The van der Waals surface area contributed by atoms with Crippen LogP contribution in [-0.2, 0) is 6.18 Å². The van der Waals surface area contributed by atoms with Gasteiger partial charge in [0.1, 0.15) is 5.82 Å². The van der Waals surface area contributed by atoms with Gasteiger partial charge in [-0.2, -0.15) is 13.2 Å². The molecule has 0 radical (unpaired) electrons. The Bertz CT molecular complexity index is 444. The van der Waals surface area contributed by atoms with E-state index >= 15 is 0 Å². The second-order valence-electron chi connectivity index (χ2n) is 4.88. The number of nitrogens with one attached hydrogen (secondary N) is 1. The highest BCUT2D eigenvalue weighted by Gasteiger charge is 2.32. The molecule has 0 aliphatic carbocycles. The van der Waals surface area contributed by atoms with E-state index in [0.717, 1.165) is 38.1 Å². The molecule has 1 aromatic carbocycles. The minimum Gasteiger partial charge on any atom is -0.324 e. The second kappa shape index (κ2) is 6.74. The maximum atomic E-state index is 13.3. The van der Waals surface area contributed by atoms with Crippen LogP contribution in [0.25, 0.3) is 0 Å². The molecule has 0 bridgehead atoms. The summed E-state index contributed by atoms with van der Waals surface area (Å²) in [6.07, 6.45) is -2.97. The third-order valence-electron chi connectivity index (χ3n) is 3.52. The molecule has 0 saturated carbocycles. The molecule has 114 valence electrons. The molecular weight excluding hydrogens is 296 g/mol. The van der Waals surface area contributed by atoms with Gasteiger partial charge in [-0.25, -0.2) is 4.39 Å². The van der Waals surface area contributed by atoms with Gasteiger partial charge in [0, 0.05) is 6.04 Å². The van der Waals surface area contributed by atoms with E-state index in [1.54, 1.807) is 0 Å². The van der Waals surface area contributed by atoms with Crippen molar-refractivity contribution < 1.29 is 17.6 Å². The standard InChI is InChI=1S/C13H16F4N2.ClH/c14-11-6-9(5-10(7-11)13(15,16)17)12(18)8-1-3-19-4-2-8;/h5-8,12,19H,1-4,18H2;1H/t12-;/m1./s1. The molecule has 2 nitrogen and oxygen atoms in total. The van der Waals surface area contributed by atoms with Gasteiger partial charge in [-0.3, -0.25) is 0 Å². The van der Waals surface area contributed by atoms with Crippen LogP contribution in [0.4, 0.5) is 17.6 Å². The normalized spacial score (nSPS) is 18.4. The highest BCUT2D eigenvalue weighted by molar-refractivity contribution is 5.85. The van der Waals surface area contributed by atoms with E-state index in [1.807, 2.05) is 0 Å². The molecule has 1 aromatic rings. The van der Waals surface area contributed by atoms with Crippen LogP contribution in [0.3, 0.4) is 0 Å². The molecule has 0 spiro atoms. The molecule has 1 heterocycles. The summed E-state index contributed by atoms with van der Waals surface area (Å²) in [5.41, 5.74) is 5.23. The fraction of sp³-hybridized carbons (Fsp3) is 0.538. The molecule has 20 heavy (non-hydrogen) atoms. The maximum absolute atomic E-state index is 13.3. The van der Waals surface area contributed by atoms with Gasteiger partial charge in [0.2, 0.25) is 0 Å². The van der Waals surface area contributed by atoms with Crippen molar-refractivity contribution in [1.82, 2.24) is 5.32 Å². The molecule has 1 atom stereocenters. The zero-order valence-corrected chi connectivity index (χ0v) is 11.5. The van der Waals surface area contributed by atoms with Gasteiger partial charge in [0.15, 0.2) is 0 Å². The Morgan fingerprint density at radius 3 is 2.30 bits per heavy atom. The number of rotatable bonds is 2. The number of alkyl halides is 3. The predicted octanol–water partition coefficient (Wildman–Crippen LogP) is 3.27. The summed E-state index contributed by atoms with van der Waals surface area (Å²) in [6, 6.07) is 2.00. The molecule has 1 fully saturated rings. The van der Waals surface area contributed by atoms with Crippen molar-refractivity contribution in [3.05, 3.63) is 35.1 Å². The molecule has 0 aromatic heterocycles. The fourth-order valence-corrected chi connectivity index (χ4v) is 2.44. The lowest BCUT2D eigenvalue weighted by molar-refractivity contribution is -0.137. The average molecular weight is 313 g/mol. The Balaban J connectivity index is 0.00000200. The number of piperidine rings is 1. The quantitative estimate of drug-likeness (QED) is 0.823. The number of hydrogen-bond donors (Lipinski definition) is 2. The highest BCUT2D eigenvalue weighted by atomic mass is 35.5. The van der Waals surface area contributed by atoms with Gasteiger partial charge in [0.05, 0.1) is 5.56 Å². The number of hydrogen-bond acceptors (Lipinski definition) is 2. The lowest BCUT2D eigenvalue weighted by Gasteiger charge is -2.28. The van der Waals surface area contributed by atoms with Crippen LogP contribution in [0.1, 0.15) is 30.0 Å². The zero-order chi connectivity index (χ0) is 14.0. The van der Waals surface area contributed by atoms with E-state index in [2.05, 4.69) is 5.32 Å². The van der Waals surface area contributed by atoms with Gasteiger partial charge in [-0.15, -0.1) is 12.4 Å². The fourth-order valence-electron chi connectivity index (χ4n) is 2.44. The van der Waals surface area contributed by atoms with E-state index in [4.69, 9.17) is 5.73 Å². The number of halogens is 5. The number of nitrogens with two attached hydrogens (primary N) is 1. The monoisotopic (exact) mass is 312 g/mol. The third kappa shape index (κ3) is 4.07. The van der Waals surface area contributed by atoms with E-state index in [1.165, 1.54) is 0 Å². The minimum absolute atomic E-state index is 0. The van der Waals surface area contributed by atoms with Crippen molar-refractivity contribution in [3.63, 3.8) is 0 Å². The summed E-state index contributed by atoms with van der Waals surface area (Å²) in [5, 5.41) is 3.16. The number of benzene rings is 1. The molecule has 7 heteroatoms. The predicted molar refractivity (Wildman–Crippen MR) is 71.2 cm³/mol. The van der Waals surface area contributed by atoms with E-state index in [9.17, 15) is 17.6 Å². The summed E-state index contributed by atoms with van der Waals surface area (Å²) in [7, 11) is 0. The van der Waals surface area contributed by atoms with Crippen molar-refractivity contribution in [2.24, 2.45) is 11.7 Å². The first-order chi connectivity index (χ1) is 8.88. The first kappa shape index (κ1) is 17.2. The van der Waals surface area contributed by atoms with Gasteiger partial charge >= 0.3 is 6.18 Å². The third-order valence-corrected chi connectivity index (χ3v) is 3.52. The lowest BCUT2D eigenvalue weighted by Crippen LogP contribution is -2.33.